The van der Waals surface area contributed by atoms with Gasteiger partial charge >= 0.3 is 0 Å². The third-order valence-electron chi connectivity index (χ3n) is 4.90. The fourth-order valence-electron chi connectivity index (χ4n) is 3.70. The largest absolute Gasteiger partial charge is 0.389 e. The number of anilines is 1. The van der Waals surface area contributed by atoms with Crippen molar-refractivity contribution in [2.75, 3.05) is 18.0 Å². The maximum absolute atomic E-state index is 11.2. The normalized spacial score (nSPS) is 29.0. The number of nitro benzene ring substituents is 1. The van der Waals surface area contributed by atoms with Gasteiger partial charge in [0.15, 0.2) is 0 Å². The summed E-state index contributed by atoms with van der Waals surface area (Å²) in [5, 5.41) is 22.3. The molecule has 3 rings (SSSR count). The van der Waals surface area contributed by atoms with Crippen LogP contribution in [0.25, 0.3) is 0 Å². The first-order valence-electron chi connectivity index (χ1n) is 7.41. The van der Waals surface area contributed by atoms with Crippen LogP contribution in [0.2, 0.25) is 5.02 Å². The van der Waals surface area contributed by atoms with Gasteiger partial charge in [-0.3, -0.25) is 10.1 Å². The number of hydrogen-bond acceptors (Lipinski definition) is 4. The van der Waals surface area contributed by atoms with Gasteiger partial charge in [0.25, 0.3) is 5.69 Å². The average molecular weight is 311 g/mol. The molecule has 0 amide bonds. The molecule has 2 fully saturated rings. The van der Waals surface area contributed by atoms with Crippen LogP contribution in [-0.2, 0) is 0 Å². The zero-order valence-corrected chi connectivity index (χ0v) is 12.6. The van der Waals surface area contributed by atoms with Gasteiger partial charge in [-0.2, -0.15) is 0 Å². The number of halogens is 1. The second-order valence-corrected chi connectivity index (χ2v) is 6.57. The Morgan fingerprint density at radius 2 is 2.19 bits per heavy atom. The van der Waals surface area contributed by atoms with E-state index in [-0.39, 0.29) is 16.5 Å². The highest BCUT2D eigenvalue weighted by Crippen LogP contribution is 2.42. The van der Waals surface area contributed by atoms with E-state index in [0.29, 0.717) is 30.2 Å². The third-order valence-corrected chi connectivity index (χ3v) is 5.14. The molecule has 6 heteroatoms. The summed E-state index contributed by atoms with van der Waals surface area (Å²) in [5.41, 5.74) is 0.0800. The van der Waals surface area contributed by atoms with Crippen LogP contribution in [0.4, 0.5) is 11.4 Å². The minimum Gasteiger partial charge on any atom is -0.389 e. The molecule has 114 valence electrons. The zero-order chi connectivity index (χ0) is 15.0. The van der Waals surface area contributed by atoms with Crippen LogP contribution < -0.4 is 4.90 Å². The summed E-state index contributed by atoms with van der Waals surface area (Å²) in [6.07, 6.45) is 4.73. The topological polar surface area (TPSA) is 66.6 Å². The SMILES string of the molecule is O=[N+]([O-])c1cc(Cl)ccc1N1CCC2(O)CCCCC2C1. The average Bonchev–Trinajstić information content (AvgIpc) is 2.46. The van der Waals surface area contributed by atoms with Crippen LogP contribution >= 0.6 is 11.6 Å². The lowest BCUT2D eigenvalue weighted by atomic mass is 9.71. The summed E-state index contributed by atoms with van der Waals surface area (Å²) in [5.74, 6) is 0.204. The molecule has 2 atom stereocenters. The molecule has 21 heavy (non-hydrogen) atoms. The lowest BCUT2D eigenvalue weighted by Crippen LogP contribution is -2.53. The van der Waals surface area contributed by atoms with E-state index in [4.69, 9.17) is 11.6 Å². The molecule has 0 bridgehead atoms. The van der Waals surface area contributed by atoms with E-state index in [1.807, 2.05) is 4.90 Å². The molecule has 5 nitrogen and oxygen atoms in total. The van der Waals surface area contributed by atoms with Crippen molar-refractivity contribution in [3.05, 3.63) is 33.3 Å². The Kier molecular flexibility index (Phi) is 3.80. The van der Waals surface area contributed by atoms with Crippen LogP contribution in [0.3, 0.4) is 0 Å². The Labute approximate surface area is 128 Å². The number of nitrogens with zero attached hydrogens (tertiary/aromatic N) is 2. The molecule has 1 aromatic carbocycles. The van der Waals surface area contributed by atoms with Gasteiger partial charge in [0.1, 0.15) is 5.69 Å². The lowest BCUT2D eigenvalue weighted by molar-refractivity contribution is -0.384. The van der Waals surface area contributed by atoms with Gasteiger partial charge < -0.3 is 10.0 Å². The first kappa shape index (κ1) is 14.6. The van der Waals surface area contributed by atoms with Crippen LogP contribution in [-0.4, -0.2) is 28.7 Å². The molecule has 0 spiro atoms. The van der Waals surface area contributed by atoms with Crippen LogP contribution in [0.1, 0.15) is 32.1 Å². The first-order chi connectivity index (χ1) is 9.99. The quantitative estimate of drug-likeness (QED) is 0.671. The monoisotopic (exact) mass is 310 g/mol. The van der Waals surface area contributed by atoms with Gasteiger partial charge in [0.2, 0.25) is 0 Å². The van der Waals surface area contributed by atoms with Crippen molar-refractivity contribution in [2.45, 2.75) is 37.7 Å². The fourth-order valence-corrected chi connectivity index (χ4v) is 3.87. The molecule has 1 heterocycles. The Bertz CT molecular complexity index is 566. The molecule has 2 aliphatic rings. The van der Waals surface area contributed by atoms with E-state index in [0.717, 1.165) is 25.7 Å². The first-order valence-corrected chi connectivity index (χ1v) is 7.79. The fraction of sp³-hybridized carbons (Fsp3) is 0.600. The number of benzene rings is 1. The lowest BCUT2D eigenvalue weighted by Gasteiger charge is -2.47. The predicted molar refractivity (Wildman–Crippen MR) is 81.8 cm³/mol. The zero-order valence-electron chi connectivity index (χ0n) is 11.8. The summed E-state index contributed by atoms with van der Waals surface area (Å²) in [6.45, 7) is 1.33. The second kappa shape index (κ2) is 5.46. The second-order valence-electron chi connectivity index (χ2n) is 6.13. The Balaban J connectivity index is 1.87. The van der Waals surface area contributed by atoms with Crippen molar-refractivity contribution < 1.29 is 10.0 Å². The minimum atomic E-state index is -0.573. The summed E-state index contributed by atoms with van der Waals surface area (Å²) < 4.78 is 0. The Hall–Kier alpha value is -1.33. The van der Waals surface area contributed by atoms with Crippen LogP contribution in [0.15, 0.2) is 18.2 Å². The number of hydrogen-bond donors (Lipinski definition) is 1. The highest BCUT2D eigenvalue weighted by molar-refractivity contribution is 6.30. The summed E-state index contributed by atoms with van der Waals surface area (Å²) >= 11 is 5.87. The van der Waals surface area contributed by atoms with E-state index >= 15 is 0 Å². The molecule has 1 aliphatic carbocycles. The van der Waals surface area contributed by atoms with Gasteiger partial charge in [-0.25, -0.2) is 0 Å². The van der Waals surface area contributed by atoms with Gasteiger partial charge in [-0.05, 0) is 31.4 Å². The third kappa shape index (κ3) is 2.72. The van der Waals surface area contributed by atoms with Crippen molar-refractivity contribution in [2.24, 2.45) is 5.92 Å². The van der Waals surface area contributed by atoms with Gasteiger partial charge in [-0.1, -0.05) is 24.4 Å². The van der Waals surface area contributed by atoms with Crippen LogP contribution in [0.5, 0.6) is 0 Å². The highest BCUT2D eigenvalue weighted by atomic mass is 35.5. The number of piperidine rings is 1. The number of rotatable bonds is 2. The molecule has 1 N–H and O–H groups in total. The maximum Gasteiger partial charge on any atom is 0.294 e. The summed E-state index contributed by atoms with van der Waals surface area (Å²) in [6, 6.07) is 4.80. The smallest absolute Gasteiger partial charge is 0.294 e. The molecule has 0 radical (unpaired) electrons. The summed E-state index contributed by atoms with van der Waals surface area (Å²) in [7, 11) is 0. The van der Waals surface area contributed by atoms with Gasteiger partial charge in [0, 0.05) is 30.1 Å². The molecular weight excluding hydrogens is 292 g/mol. The number of nitro groups is 1. The summed E-state index contributed by atoms with van der Waals surface area (Å²) in [4.78, 5) is 12.9. The molecule has 1 aliphatic heterocycles. The van der Waals surface area contributed by atoms with E-state index < -0.39 is 5.60 Å². The molecule has 2 unspecified atom stereocenters. The van der Waals surface area contributed by atoms with Gasteiger partial charge in [-0.15, -0.1) is 0 Å². The Morgan fingerprint density at radius 1 is 1.38 bits per heavy atom. The van der Waals surface area contributed by atoms with Crippen molar-refractivity contribution in [1.29, 1.82) is 0 Å². The predicted octanol–water partition coefficient (Wildman–Crippen LogP) is 3.38. The molecule has 1 aromatic rings. The van der Waals surface area contributed by atoms with E-state index in [9.17, 15) is 15.2 Å². The van der Waals surface area contributed by atoms with E-state index in [1.54, 1.807) is 12.1 Å². The maximum atomic E-state index is 11.2. The highest BCUT2D eigenvalue weighted by Gasteiger charge is 2.43. The van der Waals surface area contributed by atoms with Gasteiger partial charge in [0.05, 0.1) is 10.5 Å². The van der Waals surface area contributed by atoms with Crippen molar-refractivity contribution in [3.8, 4) is 0 Å². The minimum absolute atomic E-state index is 0.0451. The van der Waals surface area contributed by atoms with E-state index in [1.165, 1.54) is 6.07 Å². The van der Waals surface area contributed by atoms with Crippen molar-refractivity contribution in [1.82, 2.24) is 0 Å². The number of aliphatic hydroxyl groups is 1. The molecule has 1 saturated carbocycles. The van der Waals surface area contributed by atoms with Crippen LogP contribution in [0, 0.1) is 16.0 Å². The standard InChI is InChI=1S/C15H19ClN2O3/c16-12-4-5-13(14(9-12)18(20)21)17-8-7-15(19)6-2-1-3-11(15)10-17/h4-5,9,11,19H,1-3,6-8,10H2. The van der Waals surface area contributed by atoms with E-state index in [2.05, 4.69) is 0 Å². The molecule has 0 aromatic heterocycles. The number of fused-ring (bicyclic) bond motifs is 1. The van der Waals surface area contributed by atoms with Crippen molar-refractivity contribution in [3.63, 3.8) is 0 Å². The van der Waals surface area contributed by atoms with Crippen molar-refractivity contribution >= 4 is 23.0 Å². The molecular formula is C15H19ClN2O3. The Morgan fingerprint density at radius 3 is 2.95 bits per heavy atom. The molecule has 1 saturated heterocycles.